The molecule has 0 atom stereocenters. The first-order valence-corrected chi connectivity index (χ1v) is 4.69. The van der Waals surface area contributed by atoms with E-state index in [4.69, 9.17) is 29.7 Å². The van der Waals surface area contributed by atoms with Crippen LogP contribution >= 0.6 is 34.8 Å². The SMILES string of the molecule is O=C([O-])CCl.O=C([O-])CCl.O=C([O-])CCl.[Na+].[Na+].[Na+]. The first-order chi connectivity index (χ1) is 6.81. The maximum atomic E-state index is 9.12. The Labute approximate surface area is 186 Å². The van der Waals surface area contributed by atoms with Crippen LogP contribution in [0.15, 0.2) is 0 Å². The second-order valence-electron chi connectivity index (χ2n) is 1.52. The molecule has 0 heterocycles. The number of aliphatic carboxylic acids is 3. The van der Waals surface area contributed by atoms with E-state index >= 15 is 0 Å². The van der Waals surface area contributed by atoms with Gasteiger partial charge in [-0.25, -0.2) is 0 Å². The molecule has 0 spiro atoms. The molecule has 0 aliphatic rings. The van der Waals surface area contributed by atoms with Crippen molar-refractivity contribution >= 4 is 52.7 Å². The molecule has 0 aromatic rings. The second-order valence-corrected chi connectivity index (χ2v) is 2.32. The molecule has 0 bridgehead atoms. The van der Waals surface area contributed by atoms with Crippen LogP contribution in [0.25, 0.3) is 0 Å². The predicted molar refractivity (Wildman–Crippen MR) is 47.2 cm³/mol. The molecule has 0 aromatic carbocycles. The van der Waals surface area contributed by atoms with E-state index in [1.165, 1.54) is 0 Å². The van der Waals surface area contributed by atoms with Crippen LogP contribution in [0.3, 0.4) is 0 Å². The van der Waals surface area contributed by atoms with Crippen molar-refractivity contribution in [1.29, 1.82) is 0 Å². The summed E-state index contributed by atoms with van der Waals surface area (Å²) in [6.07, 6.45) is 0. The summed E-state index contributed by atoms with van der Waals surface area (Å²) in [6, 6.07) is 0. The normalized spacial score (nSPS) is 6.17. The minimum absolute atomic E-state index is 0. The number of alkyl halides is 3. The summed E-state index contributed by atoms with van der Waals surface area (Å²) in [7, 11) is 0. The number of rotatable bonds is 3. The zero-order valence-electron chi connectivity index (χ0n) is 10.2. The molecule has 0 rings (SSSR count). The Hall–Kier alpha value is 2.28. The molecule has 0 fully saturated rings. The number of hydrogen-bond acceptors (Lipinski definition) is 6. The molecule has 0 aliphatic heterocycles. The van der Waals surface area contributed by atoms with E-state index in [1.807, 2.05) is 0 Å². The standard InChI is InChI=1S/3C2H3ClO2.3Na/c3*3-1-2(4)5;;;/h3*1H2,(H,4,5);;;/q;;;3*+1/p-3. The molecular weight excluding hydrogens is 343 g/mol. The molecule has 0 radical (unpaired) electrons. The molecule has 12 heteroatoms. The monoisotopic (exact) mass is 348 g/mol. The number of halogens is 3. The third kappa shape index (κ3) is 79.6. The van der Waals surface area contributed by atoms with Gasteiger partial charge in [0, 0.05) is 0 Å². The Morgan fingerprint density at radius 2 is 0.667 bits per heavy atom. The van der Waals surface area contributed by atoms with Gasteiger partial charge < -0.3 is 29.7 Å². The minimum Gasteiger partial charge on any atom is -0.549 e. The maximum absolute atomic E-state index is 9.12. The molecule has 0 amide bonds. The van der Waals surface area contributed by atoms with Crippen molar-refractivity contribution in [2.45, 2.75) is 0 Å². The fraction of sp³-hybridized carbons (Fsp3) is 0.500. The smallest absolute Gasteiger partial charge is 0.549 e. The van der Waals surface area contributed by atoms with E-state index in [-0.39, 0.29) is 88.7 Å². The van der Waals surface area contributed by atoms with Gasteiger partial charge in [-0.05, 0) is 0 Å². The van der Waals surface area contributed by atoms with Gasteiger partial charge in [0.2, 0.25) is 0 Å². The van der Waals surface area contributed by atoms with Gasteiger partial charge in [-0.15, -0.1) is 34.8 Å². The van der Waals surface area contributed by atoms with Gasteiger partial charge in [0.05, 0.1) is 35.5 Å². The van der Waals surface area contributed by atoms with Gasteiger partial charge in [0.1, 0.15) is 0 Å². The molecule has 0 aliphatic carbocycles. The van der Waals surface area contributed by atoms with Crippen molar-refractivity contribution in [3.05, 3.63) is 0 Å². The summed E-state index contributed by atoms with van der Waals surface area (Å²) >= 11 is 14.0. The number of carboxylic acids is 3. The number of carbonyl (C=O) groups is 3. The Morgan fingerprint density at radius 1 is 0.611 bits per heavy atom. The molecule has 90 valence electrons. The van der Waals surface area contributed by atoms with E-state index in [2.05, 4.69) is 34.8 Å². The fourth-order valence-corrected chi connectivity index (χ4v) is 0. The topological polar surface area (TPSA) is 120 Å². The average molecular weight is 349 g/mol. The first-order valence-electron chi connectivity index (χ1n) is 3.09. The van der Waals surface area contributed by atoms with E-state index < -0.39 is 35.5 Å². The fourth-order valence-electron chi connectivity index (χ4n) is 0. The van der Waals surface area contributed by atoms with Crippen LogP contribution in [0.4, 0.5) is 0 Å². The van der Waals surface area contributed by atoms with Gasteiger partial charge in [-0.1, -0.05) is 0 Å². The molecule has 18 heavy (non-hydrogen) atoms. The molecule has 0 unspecified atom stereocenters. The van der Waals surface area contributed by atoms with Crippen LogP contribution in [0, 0.1) is 0 Å². The number of hydrogen-bond donors (Lipinski definition) is 0. The second kappa shape index (κ2) is 31.6. The summed E-state index contributed by atoms with van der Waals surface area (Å²) < 4.78 is 0. The van der Waals surface area contributed by atoms with Crippen LogP contribution in [0.5, 0.6) is 0 Å². The summed E-state index contributed by atoms with van der Waals surface area (Å²) in [5.41, 5.74) is 0. The van der Waals surface area contributed by atoms with Crippen molar-refractivity contribution in [2.75, 3.05) is 17.6 Å². The average Bonchev–Trinajstić information content (AvgIpc) is 2.19. The third-order valence-electron chi connectivity index (χ3n) is 0.327. The van der Waals surface area contributed by atoms with Crippen molar-refractivity contribution in [3.63, 3.8) is 0 Å². The minimum atomic E-state index is -1.23. The molecule has 0 aromatic heterocycles. The Balaban J connectivity index is -0.0000000277. The molecule has 0 saturated carbocycles. The molecular formula is C6H6Cl3Na3O6. The summed E-state index contributed by atoms with van der Waals surface area (Å²) in [5, 5.41) is 27.4. The largest absolute Gasteiger partial charge is 1.00 e. The van der Waals surface area contributed by atoms with E-state index in [0.717, 1.165) is 0 Å². The van der Waals surface area contributed by atoms with Gasteiger partial charge in [0.15, 0.2) is 0 Å². The first kappa shape index (κ1) is 37.0. The van der Waals surface area contributed by atoms with E-state index in [9.17, 15) is 0 Å². The van der Waals surface area contributed by atoms with Gasteiger partial charge >= 0.3 is 88.7 Å². The Bertz CT molecular complexity index is 174. The van der Waals surface area contributed by atoms with Crippen LogP contribution < -0.4 is 104 Å². The van der Waals surface area contributed by atoms with Crippen LogP contribution in [-0.4, -0.2) is 35.5 Å². The number of carboxylic acid groups (broad SMARTS) is 3. The van der Waals surface area contributed by atoms with Crippen molar-refractivity contribution in [1.82, 2.24) is 0 Å². The summed E-state index contributed by atoms with van der Waals surface area (Å²) in [5.74, 6) is -4.94. The quantitative estimate of drug-likeness (QED) is 0.368. The number of carbonyl (C=O) groups excluding carboxylic acids is 3. The van der Waals surface area contributed by atoms with Crippen LogP contribution in [-0.2, 0) is 14.4 Å². The Morgan fingerprint density at radius 3 is 0.667 bits per heavy atom. The predicted octanol–water partition coefficient (Wildman–Crippen LogP) is -12.1. The maximum Gasteiger partial charge on any atom is 1.00 e. The van der Waals surface area contributed by atoms with Gasteiger partial charge in [0.25, 0.3) is 0 Å². The van der Waals surface area contributed by atoms with Gasteiger partial charge in [-0.2, -0.15) is 0 Å². The summed E-state index contributed by atoms with van der Waals surface area (Å²) in [6.45, 7) is 0. The van der Waals surface area contributed by atoms with Crippen LogP contribution in [0.2, 0.25) is 0 Å². The summed E-state index contributed by atoms with van der Waals surface area (Å²) in [4.78, 5) is 27.4. The third-order valence-corrected chi connectivity index (χ3v) is 0.982. The van der Waals surface area contributed by atoms with Crippen molar-refractivity contribution in [3.8, 4) is 0 Å². The van der Waals surface area contributed by atoms with Crippen molar-refractivity contribution in [2.24, 2.45) is 0 Å². The van der Waals surface area contributed by atoms with E-state index in [0.29, 0.717) is 0 Å². The van der Waals surface area contributed by atoms with Crippen molar-refractivity contribution < 1.29 is 118 Å². The molecule has 6 nitrogen and oxygen atoms in total. The Kier molecular flexibility index (Phi) is 64.9. The zero-order valence-corrected chi connectivity index (χ0v) is 18.5. The van der Waals surface area contributed by atoms with Gasteiger partial charge in [-0.3, -0.25) is 0 Å². The van der Waals surface area contributed by atoms with Crippen LogP contribution in [0.1, 0.15) is 0 Å². The zero-order chi connectivity index (χ0) is 12.9. The van der Waals surface area contributed by atoms with E-state index in [1.54, 1.807) is 0 Å². The molecule has 0 saturated heterocycles. The molecule has 0 N–H and O–H groups in total.